The van der Waals surface area contributed by atoms with Gasteiger partial charge in [-0.25, -0.2) is 8.42 Å². The number of rotatable bonds is 8. The molecular weight excluding hydrogens is 496 g/mol. The highest BCUT2D eigenvalue weighted by Crippen LogP contribution is 2.50. The maximum Gasteiger partial charge on any atom is 0.212 e. The third kappa shape index (κ3) is 4.68. The topological polar surface area (TPSA) is 75.7 Å². The van der Waals surface area contributed by atoms with Crippen molar-refractivity contribution >= 4 is 15.6 Å². The van der Waals surface area contributed by atoms with Gasteiger partial charge in [-0.3, -0.25) is 9.69 Å². The average Bonchev–Trinajstić information content (AvgIpc) is 3.42. The van der Waals surface area contributed by atoms with E-state index in [4.69, 9.17) is 4.74 Å². The van der Waals surface area contributed by atoms with Crippen molar-refractivity contribution in [3.05, 3.63) is 94.5 Å². The van der Waals surface area contributed by atoms with Crippen molar-refractivity contribution in [1.82, 2.24) is 10.2 Å². The van der Waals surface area contributed by atoms with Gasteiger partial charge in [-0.2, -0.15) is 0 Å². The summed E-state index contributed by atoms with van der Waals surface area (Å²) in [5, 5.41) is 3.48. The van der Waals surface area contributed by atoms with E-state index in [1.54, 1.807) is 19.1 Å². The molecule has 0 bridgehead atoms. The van der Waals surface area contributed by atoms with Crippen LogP contribution in [0.1, 0.15) is 65.2 Å². The monoisotopic (exact) mass is 532 g/mol. The Morgan fingerprint density at radius 2 is 1.76 bits per heavy atom. The van der Waals surface area contributed by atoms with Gasteiger partial charge in [0.15, 0.2) is 15.4 Å². The molecule has 1 saturated heterocycles. The smallest absolute Gasteiger partial charge is 0.212 e. The fourth-order valence-electron chi connectivity index (χ4n) is 5.75. The van der Waals surface area contributed by atoms with E-state index in [9.17, 15) is 13.2 Å². The van der Waals surface area contributed by atoms with Crippen molar-refractivity contribution in [2.45, 2.75) is 56.6 Å². The van der Waals surface area contributed by atoms with Crippen molar-refractivity contribution < 1.29 is 17.9 Å². The fourth-order valence-corrected chi connectivity index (χ4v) is 6.63. The number of sulfone groups is 1. The largest absolute Gasteiger partial charge is 0.476 e. The molecule has 0 aromatic heterocycles. The van der Waals surface area contributed by atoms with Gasteiger partial charge in [-0.05, 0) is 47.2 Å². The minimum Gasteiger partial charge on any atom is -0.476 e. The number of benzene rings is 3. The molecule has 38 heavy (non-hydrogen) atoms. The van der Waals surface area contributed by atoms with E-state index in [-0.39, 0.29) is 23.4 Å². The van der Waals surface area contributed by atoms with Crippen LogP contribution in [0.3, 0.4) is 0 Å². The zero-order valence-corrected chi connectivity index (χ0v) is 23.3. The Bertz CT molecular complexity index is 1430. The maximum atomic E-state index is 14.2. The SMILES string of the molecule is CCS(=O)(=O)c1ccc(CNCN2CC(c3ccccc3)C3(C2)Oc2c(C(C)C)ccc(C)c2C3=O)cc1. The maximum absolute atomic E-state index is 14.2. The second kappa shape index (κ2) is 10.3. The molecule has 6 nitrogen and oxygen atoms in total. The van der Waals surface area contributed by atoms with Gasteiger partial charge < -0.3 is 10.1 Å². The molecule has 1 N–H and O–H groups in total. The Morgan fingerprint density at radius 1 is 1.05 bits per heavy atom. The second-order valence-electron chi connectivity index (χ2n) is 10.8. The van der Waals surface area contributed by atoms with Gasteiger partial charge in [0.1, 0.15) is 5.75 Å². The van der Waals surface area contributed by atoms with Crippen LogP contribution >= 0.6 is 0 Å². The minimum atomic E-state index is -3.21. The summed E-state index contributed by atoms with van der Waals surface area (Å²) < 4.78 is 31.0. The second-order valence-corrected chi connectivity index (χ2v) is 13.0. The first-order valence-corrected chi connectivity index (χ1v) is 15.0. The molecule has 1 spiro atoms. The lowest BCUT2D eigenvalue weighted by molar-refractivity contribution is 0.0531. The van der Waals surface area contributed by atoms with Gasteiger partial charge in [0.2, 0.25) is 5.78 Å². The van der Waals surface area contributed by atoms with Crippen molar-refractivity contribution in [3.8, 4) is 5.75 Å². The van der Waals surface area contributed by atoms with E-state index in [2.05, 4.69) is 42.3 Å². The lowest BCUT2D eigenvalue weighted by Crippen LogP contribution is -2.47. The van der Waals surface area contributed by atoms with Crippen LogP contribution in [0.5, 0.6) is 5.75 Å². The number of ether oxygens (including phenoxy) is 1. The van der Waals surface area contributed by atoms with Crippen LogP contribution < -0.4 is 10.1 Å². The van der Waals surface area contributed by atoms with Crippen molar-refractivity contribution in [2.24, 2.45) is 0 Å². The number of fused-ring (bicyclic) bond motifs is 1. The number of carbonyl (C=O) groups excluding carboxylic acids is 1. The summed E-state index contributed by atoms with van der Waals surface area (Å²) in [7, 11) is -3.21. The highest BCUT2D eigenvalue weighted by atomic mass is 32.2. The van der Waals surface area contributed by atoms with Crippen LogP contribution in [0.15, 0.2) is 71.6 Å². The molecule has 0 radical (unpaired) electrons. The first-order valence-electron chi connectivity index (χ1n) is 13.3. The number of aryl methyl sites for hydroxylation is 1. The highest BCUT2D eigenvalue weighted by molar-refractivity contribution is 7.91. The first-order chi connectivity index (χ1) is 18.2. The van der Waals surface area contributed by atoms with E-state index >= 15 is 0 Å². The summed E-state index contributed by atoms with van der Waals surface area (Å²) in [6.07, 6.45) is 0. The third-order valence-electron chi connectivity index (χ3n) is 7.91. The van der Waals surface area contributed by atoms with E-state index in [0.717, 1.165) is 33.6 Å². The number of likely N-dealkylation sites (tertiary alicyclic amines) is 1. The average molecular weight is 533 g/mol. The van der Waals surface area contributed by atoms with Crippen molar-refractivity contribution in [3.63, 3.8) is 0 Å². The molecule has 2 unspecified atom stereocenters. The number of carbonyl (C=O) groups is 1. The number of hydrogen-bond acceptors (Lipinski definition) is 6. The summed E-state index contributed by atoms with van der Waals surface area (Å²) in [6, 6.07) is 21.4. The van der Waals surface area contributed by atoms with E-state index in [1.165, 1.54) is 0 Å². The number of nitrogens with zero attached hydrogens (tertiary/aromatic N) is 1. The van der Waals surface area contributed by atoms with Crippen LogP contribution in [-0.4, -0.2) is 50.2 Å². The summed E-state index contributed by atoms with van der Waals surface area (Å²) in [6.45, 7) is 10.3. The molecule has 1 fully saturated rings. The molecule has 0 aliphatic carbocycles. The minimum absolute atomic E-state index is 0.0802. The standard InChI is InChI=1S/C31H36N2O4S/c1-5-38(35,36)25-14-12-23(13-15-25)17-32-20-33-18-27(24-9-7-6-8-10-24)31(19-33)30(34)28-22(4)11-16-26(21(2)3)29(28)37-31/h6-16,21,27,32H,5,17-20H2,1-4H3. The van der Waals surface area contributed by atoms with Gasteiger partial charge >= 0.3 is 0 Å². The Labute approximate surface area is 225 Å². The van der Waals surface area contributed by atoms with Gasteiger partial charge in [0.05, 0.1) is 16.2 Å². The zero-order chi connectivity index (χ0) is 27.1. The summed E-state index contributed by atoms with van der Waals surface area (Å²) in [5.41, 5.74) is 3.92. The molecule has 2 atom stereocenters. The predicted molar refractivity (Wildman–Crippen MR) is 150 cm³/mol. The van der Waals surface area contributed by atoms with Crippen LogP contribution in [-0.2, 0) is 16.4 Å². The molecule has 7 heteroatoms. The molecule has 3 aromatic carbocycles. The van der Waals surface area contributed by atoms with E-state index < -0.39 is 15.4 Å². The molecule has 200 valence electrons. The van der Waals surface area contributed by atoms with Gasteiger partial charge in [0.25, 0.3) is 0 Å². The summed E-state index contributed by atoms with van der Waals surface area (Å²) in [5.74, 6) is 1.08. The molecule has 2 heterocycles. The van der Waals surface area contributed by atoms with Crippen LogP contribution in [0.25, 0.3) is 0 Å². The van der Waals surface area contributed by atoms with Crippen LogP contribution in [0.4, 0.5) is 0 Å². The number of nitrogens with one attached hydrogen (secondary N) is 1. The third-order valence-corrected chi connectivity index (χ3v) is 9.66. The number of hydrogen-bond donors (Lipinski definition) is 1. The number of Topliss-reactive ketones (excluding diaryl/α,β-unsaturated/α-hetero) is 1. The number of ketones is 1. The molecule has 5 rings (SSSR count). The van der Waals surface area contributed by atoms with Crippen LogP contribution in [0.2, 0.25) is 0 Å². The zero-order valence-electron chi connectivity index (χ0n) is 22.5. The first kappa shape index (κ1) is 26.6. The quantitative estimate of drug-likeness (QED) is 0.437. The molecular formula is C31H36N2O4S. The lowest BCUT2D eigenvalue weighted by Gasteiger charge is -2.29. The summed E-state index contributed by atoms with van der Waals surface area (Å²) in [4.78, 5) is 16.8. The van der Waals surface area contributed by atoms with Crippen molar-refractivity contribution in [1.29, 1.82) is 0 Å². The van der Waals surface area contributed by atoms with Crippen molar-refractivity contribution in [2.75, 3.05) is 25.5 Å². The Balaban J connectivity index is 1.37. The summed E-state index contributed by atoms with van der Waals surface area (Å²) >= 11 is 0. The Morgan fingerprint density at radius 3 is 2.42 bits per heavy atom. The molecule has 3 aromatic rings. The fraction of sp³-hybridized carbons (Fsp3) is 0.387. The molecule has 2 aliphatic heterocycles. The molecule has 2 aliphatic rings. The Hall–Kier alpha value is -3.00. The van der Waals surface area contributed by atoms with Crippen LogP contribution in [0, 0.1) is 6.92 Å². The lowest BCUT2D eigenvalue weighted by atomic mass is 9.80. The molecule has 0 amide bonds. The molecule has 0 saturated carbocycles. The van der Waals surface area contributed by atoms with Gasteiger partial charge in [-0.1, -0.05) is 75.4 Å². The van der Waals surface area contributed by atoms with E-state index in [0.29, 0.717) is 31.2 Å². The normalized spacial score (nSPS) is 21.3. The van der Waals surface area contributed by atoms with Gasteiger partial charge in [0, 0.05) is 32.2 Å². The Kier molecular flexibility index (Phi) is 7.20. The predicted octanol–water partition coefficient (Wildman–Crippen LogP) is 5.07. The van der Waals surface area contributed by atoms with E-state index in [1.807, 2.05) is 43.3 Å². The highest BCUT2D eigenvalue weighted by Gasteiger charge is 2.59. The van der Waals surface area contributed by atoms with Gasteiger partial charge in [-0.15, -0.1) is 0 Å².